The molecule has 4 nitrogen and oxygen atoms in total. The van der Waals surface area contributed by atoms with Crippen molar-refractivity contribution in [2.24, 2.45) is 0 Å². The van der Waals surface area contributed by atoms with E-state index in [9.17, 15) is 13.2 Å². The van der Waals surface area contributed by atoms with Gasteiger partial charge in [0.05, 0.1) is 0 Å². The van der Waals surface area contributed by atoms with Gasteiger partial charge >= 0.3 is 0 Å². The molecule has 1 saturated carbocycles. The summed E-state index contributed by atoms with van der Waals surface area (Å²) in [5, 5.41) is -0.878. The standard InChI is InChI=1S/C12H15NO3S/c14-11-8-4-5-9-12(11)17(15,16)13-10-6-2-1-3-7-10/h1-3,6-7,12-13H,4-5,8-9H2. The highest BCUT2D eigenvalue weighted by Gasteiger charge is 2.33. The lowest BCUT2D eigenvalue weighted by Crippen LogP contribution is -2.36. The lowest BCUT2D eigenvalue weighted by Gasteiger charge is -2.21. The summed E-state index contributed by atoms with van der Waals surface area (Å²) in [6.07, 6.45) is 2.41. The van der Waals surface area contributed by atoms with E-state index in [4.69, 9.17) is 0 Å². The van der Waals surface area contributed by atoms with Crippen LogP contribution in [0.4, 0.5) is 5.69 Å². The van der Waals surface area contributed by atoms with Gasteiger partial charge in [-0.1, -0.05) is 24.6 Å². The molecule has 1 atom stereocenters. The second-order valence-electron chi connectivity index (χ2n) is 4.21. The zero-order valence-electron chi connectivity index (χ0n) is 9.43. The van der Waals surface area contributed by atoms with Gasteiger partial charge in [-0.15, -0.1) is 0 Å². The zero-order chi connectivity index (χ0) is 12.3. The number of hydrogen-bond acceptors (Lipinski definition) is 3. The molecule has 0 heterocycles. The number of ketones is 1. The van der Waals surface area contributed by atoms with Crippen molar-refractivity contribution >= 4 is 21.5 Å². The van der Waals surface area contributed by atoms with Crippen molar-refractivity contribution in [1.82, 2.24) is 0 Å². The highest BCUT2D eigenvalue weighted by molar-refractivity contribution is 7.94. The van der Waals surface area contributed by atoms with Gasteiger partial charge in [-0.2, -0.15) is 0 Å². The molecule has 17 heavy (non-hydrogen) atoms. The summed E-state index contributed by atoms with van der Waals surface area (Å²) in [4.78, 5) is 11.6. The molecular formula is C12H15NO3S. The molecule has 0 aliphatic heterocycles. The Labute approximate surface area is 101 Å². The largest absolute Gasteiger partial charge is 0.298 e. The Morgan fingerprint density at radius 2 is 1.82 bits per heavy atom. The van der Waals surface area contributed by atoms with Gasteiger partial charge in [0, 0.05) is 12.1 Å². The number of carbonyl (C=O) groups is 1. The summed E-state index contributed by atoms with van der Waals surface area (Å²) in [6.45, 7) is 0. The number of hydrogen-bond donors (Lipinski definition) is 1. The summed E-state index contributed by atoms with van der Waals surface area (Å²) >= 11 is 0. The molecule has 0 amide bonds. The van der Waals surface area contributed by atoms with Crippen LogP contribution in [0.15, 0.2) is 30.3 Å². The van der Waals surface area contributed by atoms with Crippen LogP contribution in [0.3, 0.4) is 0 Å². The first-order valence-corrected chi connectivity index (χ1v) is 7.23. The predicted octanol–water partition coefficient (Wildman–Crippen LogP) is 1.94. The molecule has 1 aromatic carbocycles. The van der Waals surface area contributed by atoms with Crippen LogP contribution < -0.4 is 4.72 Å². The molecule has 92 valence electrons. The fraction of sp³-hybridized carbons (Fsp3) is 0.417. The SMILES string of the molecule is O=C1CCCCC1S(=O)(=O)Nc1ccccc1. The molecule has 0 bridgehead atoms. The normalized spacial score (nSPS) is 21.2. The smallest absolute Gasteiger partial charge is 0.242 e. The van der Waals surface area contributed by atoms with Gasteiger partial charge < -0.3 is 0 Å². The van der Waals surface area contributed by atoms with Crippen LogP contribution in [-0.2, 0) is 14.8 Å². The van der Waals surface area contributed by atoms with Crippen molar-refractivity contribution in [3.05, 3.63) is 30.3 Å². The van der Waals surface area contributed by atoms with Crippen molar-refractivity contribution in [3.8, 4) is 0 Å². The number of carbonyl (C=O) groups excluding carboxylic acids is 1. The summed E-state index contributed by atoms with van der Waals surface area (Å²) in [5.74, 6) is -0.167. The van der Waals surface area contributed by atoms with Crippen molar-refractivity contribution in [2.75, 3.05) is 4.72 Å². The number of para-hydroxylation sites is 1. The average Bonchev–Trinajstić information content (AvgIpc) is 2.30. The highest BCUT2D eigenvalue weighted by atomic mass is 32.2. The van der Waals surface area contributed by atoms with E-state index in [1.54, 1.807) is 24.3 Å². The lowest BCUT2D eigenvalue weighted by atomic mass is 9.99. The Morgan fingerprint density at radius 1 is 1.12 bits per heavy atom. The molecular weight excluding hydrogens is 238 g/mol. The third-order valence-electron chi connectivity index (χ3n) is 2.91. The molecule has 1 unspecified atom stereocenters. The summed E-state index contributed by atoms with van der Waals surface area (Å²) in [6, 6.07) is 8.65. The van der Waals surface area contributed by atoms with E-state index < -0.39 is 15.3 Å². The van der Waals surface area contributed by atoms with E-state index in [-0.39, 0.29) is 5.78 Å². The van der Waals surface area contributed by atoms with Gasteiger partial charge in [0.15, 0.2) is 5.78 Å². The Balaban J connectivity index is 2.16. The maximum absolute atomic E-state index is 12.0. The van der Waals surface area contributed by atoms with Crippen molar-refractivity contribution in [1.29, 1.82) is 0 Å². The third-order valence-corrected chi connectivity index (χ3v) is 4.68. The Bertz CT molecular complexity index is 496. The van der Waals surface area contributed by atoms with Crippen LogP contribution in [0.25, 0.3) is 0 Å². The van der Waals surface area contributed by atoms with Crippen LogP contribution in [0.5, 0.6) is 0 Å². The minimum atomic E-state index is -3.59. The predicted molar refractivity (Wildman–Crippen MR) is 66.2 cm³/mol. The number of benzene rings is 1. The molecule has 1 fully saturated rings. The third kappa shape index (κ3) is 2.85. The van der Waals surface area contributed by atoms with E-state index in [1.807, 2.05) is 6.07 Å². The number of anilines is 1. The molecule has 1 aliphatic carbocycles. The first-order valence-electron chi connectivity index (χ1n) is 5.69. The van der Waals surface area contributed by atoms with Crippen molar-refractivity contribution in [2.45, 2.75) is 30.9 Å². The van der Waals surface area contributed by atoms with Gasteiger partial charge in [-0.05, 0) is 25.0 Å². The van der Waals surface area contributed by atoms with Gasteiger partial charge in [0.1, 0.15) is 5.25 Å². The van der Waals surface area contributed by atoms with Gasteiger partial charge in [0.2, 0.25) is 10.0 Å². The van der Waals surface area contributed by atoms with Crippen LogP contribution in [-0.4, -0.2) is 19.5 Å². The molecule has 5 heteroatoms. The molecule has 0 radical (unpaired) electrons. The van der Waals surface area contributed by atoms with E-state index in [2.05, 4.69) is 4.72 Å². The molecule has 1 aromatic rings. The average molecular weight is 253 g/mol. The van der Waals surface area contributed by atoms with Crippen LogP contribution >= 0.6 is 0 Å². The summed E-state index contributed by atoms with van der Waals surface area (Å²) < 4.78 is 26.5. The van der Waals surface area contributed by atoms with E-state index in [0.29, 0.717) is 18.5 Å². The first-order chi connectivity index (χ1) is 8.09. The Hall–Kier alpha value is -1.36. The Morgan fingerprint density at radius 3 is 2.47 bits per heavy atom. The minimum Gasteiger partial charge on any atom is -0.298 e. The molecule has 0 saturated heterocycles. The Kier molecular flexibility index (Phi) is 3.47. The summed E-state index contributed by atoms with van der Waals surface area (Å²) in [7, 11) is -3.59. The van der Waals surface area contributed by atoms with Crippen molar-refractivity contribution < 1.29 is 13.2 Å². The monoisotopic (exact) mass is 253 g/mol. The van der Waals surface area contributed by atoms with Crippen LogP contribution in [0, 0.1) is 0 Å². The second-order valence-corrected chi connectivity index (χ2v) is 6.08. The molecule has 1 N–H and O–H groups in total. The zero-order valence-corrected chi connectivity index (χ0v) is 10.2. The van der Waals surface area contributed by atoms with Gasteiger partial charge in [0.25, 0.3) is 0 Å². The molecule has 0 aromatic heterocycles. The highest BCUT2D eigenvalue weighted by Crippen LogP contribution is 2.22. The van der Waals surface area contributed by atoms with Crippen molar-refractivity contribution in [3.63, 3.8) is 0 Å². The second kappa shape index (κ2) is 4.87. The first kappa shape index (κ1) is 12.1. The molecule has 2 rings (SSSR count). The fourth-order valence-corrected chi connectivity index (χ4v) is 3.57. The molecule has 1 aliphatic rings. The van der Waals surface area contributed by atoms with Gasteiger partial charge in [-0.3, -0.25) is 9.52 Å². The quantitative estimate of drug-likeness (QED) is 0.895. The van der Waals surface area contributed by atoms with Crippen LogP contribution in [0.1, 0.15) is 25.7 Å². The minimum absolute atomic E-state index is 0.167. The topological polar surface area (TPSA) is 63.2 Å². The maximum Gasteiger partial charge on any atom is 0.242 e. The number of rotatable bonds is 3. The van der Waals surface area contributed by atoms with Crippen LogP contribution in [0.2, 0.25) is 0 Å². The van der Waals surface area contributed by atoms with Gasteiger partial charge in [-0.25, -0.2) is 8.42 Å². The fourth-order valence-electron chi connectivity index (χ4n) is 2.02. The number of nitrogens with one attached hydrogen (secondary N) is 1. The molecule has 0 spiro atoms. The van der Waals surface area contributed by atoms with E-state index in [1.165, 1.54) is 0 Å². The lowest BCUT2D eigenvalue weighted by molar-refractivity contribution is -0.119. The van der Waals surface area contributed by atoms with E-state index >= 15 is 0 Å². The van der Waals surface area contributed by atoms with E-state index in [0.717, 1.165) is 12.8 Å². The maximum atomic E-state index is 12.0. The number of sulfonamides is 1. The summed E-state index contributed by atoms with van der Waals surface area (Å²) in [5.41, 5.74) is 0.505. The number of Topliss-reactive ketones (excluding diaryl/α,β-unsaturated/α-hetero) is 1.